The minimum absolute atomic E-state index is 0.205. The van der Waals surface area contributed by atoms with Crippen LogP contribution in [0.1, 0.15) is 25.7 Å². The largest absolute Gasteiger partial charge is 0.424 e. The number of benzene rings is 1. The SMILES string of the molecule is O=C(CN1C(=O)[C@H]2CCCC[C@H]2C1=O)Oc1ccc(Br)cc1Cl. The number of halogens is 2. The molecule has 2 fully saturated rings. The van der Waals surface area contributed by atoms with Crippen molar-refractivity contribution < 1.29 is 19.1 Å². The molecule has 23 heavy (non-hydrogen) atoms. The molecule has 1 aliphatic carbocycles. The van der Waals surface area contributed by atoms with Crippen molar-refractivity contribution in [3.63, 3.8) is 0 Å². The van der Waals surface area contributed by atoms with Crippen LogP contribution in [-0.4, -0.2) is 29.2 Å². The summed E-state index contributed by atoms with van der Waals surface area (Å²) in [6.45, 7) is -0.364. The maximum absolute atomic E-state index is 12.3. The lowest BCUT2D eigenvalue weighted by molar-refractivity contribution is -0.148. The van der Waals surface area contributed by atoms with E-state index in [-0.39, 0.29) is 41.0 Å². The van der Waals surface area contributed by atoms with Gasteiger partial charge in [-0.3, -0.25) is 14.5 Å². The van der Waals surface area contributed by atoms with E-state index >= 15 is 0 Å². The van der Waals surface area contributed by atoms with Gasteiger partial charge in [-0.15, -0.1) is 0 Å². The van der Waals surface area contributed by atoms with Gasteiger partial charge in [-0.05, 0) is 31.0 Å². The first-order valence-electron chi connectivity index (χ1n) is 7.48. The van der Waals surface area contributed by atoms with Crippen LogP contribution in [0, 0.1) is 11.8 Å². The summed E-state index contributed by atoms with van der Waals surface area (Å²) < 4.78 is 5.93. The van der Waals surface area contributed by atoms with Crippen molar-refractivity contribution in [2.24, 2.45) is 11.8 Å². The average molecular weight is 401 g/mol. The van der Waals surface area contributed by atoms with Gasteiger partial charge in [-0.25, -0.2) is 4.79 Å². The summed E-state index contributed by atoms with van der Waals surface area (Å²) in [5, 5.41) is 0.278. The van der Waals surface area contributed by atoms with Crippen LogP contribution in [-0.2, 0) is 14.4 Å². The molecule has 1 aliphatic heterocycles. The lowest BCUT2D eigenvalue weighted by Crippen LogP contribution is -2.37. The highest BCUT2D eigenvalue weighted by atomic mass is 79.9. The van der Waals surface area contributed by atoms with Gasteiger partial charge < -0.3 is 4.74 Å². The molecule has 1 saturated carbocycles. The molecule has 1 aromatic rings. The van der Waals surface area contributed by atoms with E-state index in [4.69, 9.17) is 16.3 Å². The molecule has 7 heteroatoms. The first-order valence-corrected chi connectivity index (χ1v) is 8.65. The minimum Gasteiger partial charge on any atom is -0.424 e. The maximum atomic E-state index is 12.3. The fourth-order valence-corrected chi connectivity index (χ4v) is 3.94. The van der Waals surface area contributed by atoms with Gasteiger partial charge in [0.1, 0.15) is 12.3 Å². The monoisotopic (exact) mass is 399 g/mol. The Bertz CT molecular complexity index is 654. The van der Waals surface area contributed by atoms with Gasteiger partial charge in [0.25, 0.3) is 0 Å². The van der Waals surface area contributed by atoms with Crippen LogP contribution in [0.2, 0.25) is 5.02 Å². The van der Waals surface area contributed by atoms with E-state index < -0.39 is 5.97 Å². The van der Waals surface area contributed by atoms with Crippen LogP contribution in [0.3, 0.4) is 0 Å². The number of esters is 1. The second kappa shape index (κ2) is 6.61. The summed E-state index contributed by atoms with van der Waals surface area (Å²) in [5.74, 6) is -1.50. The number of fused-ring (bicyclic) bond motifs is 1. The van der Waals surface area contributed by atoms with E-state index in [1.54, 1.807) is 18.2 Å². The van der Waals surface area contributed by atoms with E-state index in [9.17, 15) is 14.4 Å². The molecule has 2 atom stereocenters. The van der Waals surface area contributed by atoms with Crippen LogP contribution >= 0.6 is 27.5 Å². The van der Waals surface area contributed by atoms with E-state index in [0.29, 0.717) is 0 Å². The molecule has 0 bridgehead atoms. The maximum Gasteiger partial charge on any atom is 0.331 e. The van der Waals surface area contributed by atoms with Crippen LogP contribution in [0.25, 0.3) is 0 Å². The first-order chi connectivity index (χ1) is 11.0. The number of carbonyl (C=O) groups excluding carboxylic acids is 3. The zero-order valence-corrected chi connectivity index (χ0v) is 14.6. The Kier molecular flexibility index (Phi) is 4.73. The predicted octanol–water partition coefficient (Wildman–Crippen LogP) is 3.18. The zero-order chi connectivity index (χ0) is 16.6. The van der Waals surface area contributed by atoms with E-state index in [1.807, 2.05) is 0 Å². The molecular weight excluding hydrogens is 386 g/mol. The quantitative estimate of drug-likeness (QED) is 0.444. The van der Waals surface area contributed by atoms with Crippen molar-refractivity contribution >= 4 is 45.3 Å². The Labute approximate surface area is 147 Å². The van der Waals surface area contributed by atoms with Gasteiger partial charge in [-0.1, -0.05) is 40.4 Å². The van der Waals surface area contributed by atoms with Crippen LogP contribution in [0.4, 0.5) is 0 Å². The van der Waals surface area contributed by atoms with Gasteiger partial charge >= 0.3 is 5.97 Å². The molecule has 3 rings (SSSR count). The Balaban J connectivity index is 1.68. The van der Waals surface area contributed by atoms with Gasteiger partial charge in [0, 0.05) is 4.47 Å². The highest BCUT2D eigenvalue weighted by Gasteiger charge is 2.48. The number of imide groups is 1. The number of hydrogen-bond acceptors (Lipinski definition) is 4. The third kappa shape index (κ3) is 3.28. The summed E-state index contributed by atoms with van der Waals surface area (Å²) in [5.41, 5.74) is 0. The molecule has 1 heterocycles. The Morgan fingerprint density at radius 2 is 1.83 bits per heavy atom. The van der Waals surface area contributed by atoms with Gasteiger partial charge in [0.15, 0.2) is 0 Å². The molecule has 2 amide bonds. The summed E-state index contributed by atoms with van der Waals surface area (Å²) in [6.07, 6.45) is 3.35. The second-order valence-electron chi connectivity index (χ2n) is 5.81. The molecule has 0 radical (unpaired) electrons. The number of ether oxygens (including phenoxy) is 1. The first kappa shape index (κ1) is 16.5. The number of nitrogens with zero attached hydrogens (tertiary/aromatic N) is 1. The summed E-state index contributed by atoms with van der Waals surface area (Å²) in [4.78, 5) is 37.7. The molecule has 0 spiro atoms. The number of carbonyl (C=O) groups is 3. The van der Waals surface area contributed by atoms with Gasteiger partial charge in [0.2, 0.25) is 11.8 Å². The lowest BCUT2D eigenvalue weighted by Gasteiger charge is -2.19. The standard InChI is InChI=1S/C16H15BrClNO4/c17-9-5-6-13(12(18)7-9)23-14(20)8-19-15(21)10-3-1-2-4-11(10)16(19)22/h5-7,10-11H,1-4,8H2/t10-,11+. The van der Waals surface area contributed by atoms with E-state index in [1.165, 1.54) is 0 Å². The Morgan fingerprint density at radius 3 is 2.39 bits per heavy atom. The number of likely N-dealkylation sites (tertiary alicyclic amines) is 1. The molecule has 0 N–H and O–H groups in total. The van der Waals surface area contributed by atoms with Crippen molar-refractivity contribution in [1.82, 2.24) is 4.90 Å². The van der Waals surface area contributed by atoms with Crippen molar-refractivity contribution in [1.29, 1.82) is 0 Å². The zero-order valence-electron chi connectivity index (χ0n) is 12.3. The molecule has 122 valence electrons. The van der Waals surface area contributed by atoms with Crippen LogP contribution in [0.15, 0.2) is 22.7 Å². The van der Waals surface area contributed by atoms with Crippen LogP contribution < -0.4 is 4.74 Å². The second-order valence-corrected chi connectivity index (χ2v) is 7.13. The topological polar surface area (TPSA) is 63.7 Å². The molecule has 5 nitrogen and oxygen atoms in total. The van der Waals surface area contributed by atoms with Crippen molar-refractivity contribution in [3.8, 4) is 5.75 Å². The molecule has 1 aromatic carbocycles. The average Bonchev–Trinajstić information content (AvgIpc) is 2.76. The molecular formula is C16H15BrClNO4. The molecule has 2 aliphatic rings. The normalized spacial score (nSPS) is 23.8. The third-order valence-corrected chi connectivity index (χ3v) is 5.13. The number of amides is 2. The van der Waals surface area contributed by atoms with Crippen molar-refractivity contribution in [2.45, 2.75) is 25.7 Å². The molecule has 0 aromatic heterocycles. The summed E-state index contributed by atoms with van der Waals surface area (Å²) >= 11 is 9.25. The smallest absolute Gasteiger partial charge is 0.331 e. The highest BCUT2D eigenvalue weighted by Crippen LogP contribution is 2.38. The fourth-order valence-electron chi connectivity index (χ4n) is 3.23. The van der Waals surface area contributed by atoms with Crippen molar-refractivity contribution in [2.75, 3.05) is 6.54 Å². The minimum atomic E-state index is -0.672. The third-order valence-electron chi connectivity index (χ3n) is 4.34. The summed E-state index contributed by atoms with van der Waals surface area (Å²) in [6, 6.07) is 4.85. The fraction of sp³-hybridized carbons (Fsp3) is 0.438. The summed E-state index contributed by atoms with van der Waals surface area (Å²) in [7, 11) is 0. The number of hydrogen-bond donors (Lipinski definition) is 0. The molecule has 0 unspecified atom stereocenters. The molecule has 1 saturated heterocycles. The predicted molar refractivity (Wildman–Crippen MR) is 87.0 cm³/mol. The highest BCUT2D eigenvalue weighted by molar-refractivity contribution is 9.10. The van der Waals surface area contributed by atoms with Crippen LogP contribution in [0.5, 0.6) is 5.75 Å². The van der Waals surface area contributed by atoms with E-state index in [0.717, 1.165) is 35.1 Å². The Hall–Kier alpha value is -1.40. The number of rotatable bonds is 3. The van der Waals surface area contributed by atoms with Crippen molar-refractivity contribution in [3.05, 3.63) is 27.7 Å². The van der Waals surface area contributed by atoms with Gasteiger partial charge in [0.05, 0.1) is 16.9 Å². The lowest BCUT2D eigenvalue weighted by atomic mass is 9.81. The van der Waals surface area contributed by atoms with Gasteiger partial charge in [-0.2, -0.15) is 0 Å². The van der Waals surface area contributed by atoms with E-state index in [2.05, 4.69) is 15.9 Å². The Morgan fingerprint density at radius 1 is 1.22 bits per heavy atom.